The predicted molar refractivity (Wildman–Crippen MR) is 368 cm³/mol. The first-order valence-corrected chi connectivity index (χ1v) is 31.3. The van der Waals surface area contributed by atoms with E-state index in [1.165, 1.54) is 76.1 Å². The van der Waals surface area contributed by atoms with Gasteiger partial charge in [-0.05, 0) is 162 Å². The van der Waals surface area contributed by atoms with Crippen LogP contribution in [0.1, 0.15) is 55.8 Å². The zero-order valence-electron chi connectivity index (χ0n) is 49.2. The number of ether oxygens (including phenoxy) is 2. The van der Waals surface area contributed by atoms with Gasteiger partial charge in [0.15, 0.2) is 22.8 Å². The highest BCUT2D eigenvalue weighted by atomic mass is 35.5. The summed E-state index contributed by atoms with van der Waals surface area (Å²) in [5.74, 6) is -1.06. The third-order valence-electron chi connectivity index (χ3n) is 10.9. The maximum atomic E-state index is 12.6. The molecule has 2 amide bonds. The molecule has 1 aliphatic heterocycles. The summed E-state index contributed by atoms with van der Waals surface area (Å²) in [6.45, 7) is 5.52. The number of carbonyl (C=O) groups is 4. The molecular formula is C57H65Cl2N23O6S4. The number of hydrogen-bond acceptors (Lipinski definition) is 31. The van der Waals surface area contributed by atoms with Crippen LogP contribution in [0.3, 0.4) is 0 Å². The zero-order valence-corrected chi connectivity index (χ0v) is 54.0. The van der Waals surface area contributed by atoms with Crippen molar-refractivity contribution >= 4 is 157 Å². The number of thiophene rings is 4. The third kappa shape index (κ3) is 23.2. The van der Waals surface area contributed by atoms with E-state index in [2.05, 4.69) is 72.0 Å². The van der Waals surface area contributed by atoms with Crippen molar-refractivity contribution in [2.45, 2.75) is 13.8 Å². The Morgan fingerprint density at radius 3 is 1.39 bits per heavy atom. The van der Waals surface area contributed by atoms with Crippen LogP contribution in [0.5, 0.6) is 0 Å². The number of nitrogens with one attached hydrogen (secondary N) is 8. The highest BCUT2D eigenvalue weighted by Gasteiger charge is 2.20. The van der Waals surface area contributed by atoms with Gasteiger partial charge in [-0.3, -0.25) is 9.59 Å². The Kier molecular flexibility index (Phi) is 30.6. The Morgan fingerprint density at radius 1 is 0.576 bits per heavy atom. The topological polar surface area (TPSA) is 492 Å². The molecule has 9 heterocycles. The number of allylic oxidation sites excluding steroid dienone is 9. The van der Waals surface area contributed by atoms with Crippen LogP contribution in [-0.2, 0) is 9.47 Å². The fraction of sp³-hybridized carbons (Fsp3) is 0.158. The van der Waals surface area contributed by atoms with Gasteiger partial charge in [0, 0.05) is 41.7 Å². The summed E-state index contributed by atoms with van der Waals surface area (Å²) >= 11 is 17.0. The van der Waals surface area contributed by atoms with Crippen molar-refractivity contribution in [3.63, 3.8) is 0 Å². The molecule has 8 aromatic rings. The number of rotatable bonds is 22. The lowest BCUT2D eigenvalue weighted by Crippen LogP contribution is -2.31. The maximum Gasteiger partial charge on any atom is 0.358 e. The van der Waals surface area contributed by atoms with Crippen LogP contribution in [0.15, 0.2) is 154 Å². The number of amides is 2. The van der Waals surface area contributed by atoms with Gasteiger partial charge < -0.3 is 92.5 Å². The Balaban J connectivity index is 0.000000217. The summed E-state index contributed by atoms with van der Waals surface area (Å²) in [5.41, 5.74) is 50.6. The number of nitrogens with zero attached hydrogens (tertiary/aromatic N) is 8. The lowest BCUT2D eigenvalue weighted by atomic mass is 10.3. The summed E-state index contributed by atoms with van der Waals surface area (Å²) in [6.07, 6.45) is 23.4. The first kappa shape index (κ1) is 72.3. The second-order valence-corrected chi connectivity index (χ2v) is 21.8. The minimum absolute atomic E-state index is 0.0137. The van der Waals surface area contributed by atoms with Crippen molar-refractivity contribution in [2.24, 2.45) is 40.1 Å². The molecule has 0 saturated carbocycles. The molecule has 0 bridgehead atoms. The highest BCUT2D eigenvalue weighted by molar-refractivity contribution is 7.18. The molecule has 0 saturated heterocycles. The molecule has 0 radical (unpaired) electrons. The number of fused-ring (bicyclic) bond motifs is 4. The fourth-order valence-corrected chi connectivity index (χ4v) is 10.5. The van der Waals surface area contributed by atoms with E-state index in [1.807, 2.05) is 40.4 Å². The Bertz CT molecular complexity index is 4130. The quantitative estimate of drug-likeness (QED) is 0.0152. The van der Waals surface area contributed by atoms with Gasteiger partial charge in [0.05, 0.1) is 86.0 Å². The first-order valence-electron chi connectivity index (χ1n) is 27.0. The summed E-state index contributed by atoms with van der Waals surface area (Å²) in [6, 6.07) is 7.20. The number of nitrogens with two attached hydrogens (primary N) is 7. The number of esters is 2. The molecule has 482 valence electrons. The van der Waals surface area contributed by atoms with Gasteiger partial charge in [0.1, 0.15) is 0 Å². The second kappa shape index (κ2) is 38.9. The Labute approximate surface area is 552 Å². The second-order valence-electron chi connectivity index (χ2n) is 17.5. The average Bonchev–Trinajstić information content (AvgIpc) is 1.63. The molecule has 8 aromatic heterocycles. The minimum atomic E-state index is -0.464. The highest BCUT2D eigenvalue weighted by Crippen LogP contribution is 2.27. The number of hydrogen-bond donors (Lipinski definition) is 15. The van der Waals surface area contributed by atoms with E-state index >= 15 is 0 Å². The number of halogens is 2. The van der Waals surface area contributed by atoms with Crippen LogP contribution in [0, 0.1) is 10.8 Å². The molecule has 92 heavy (non-hydrogen) atoms. The third-order valence-corrected chi connectivity index (χ3v) is 14.9. The van der Waals surface area contributed by atoms with Crippen molar-refractivity contribution < 1.29 is 28.7 Å². The zero-order chi connectivity index (χ0) is 66.8. The molecule has 0 aromatic carbocycles. The number of carbonyl (C=O) groups excluding carboxylic acids is 4. The largest absolute Gasteiger partial charge is 0.461 e. The molecule has 0 aliphatic carbocycles. The lowest BCUT2D eigenvalue weighted by molar-refractivity contribution is 0.0513. The van der Waals surface area contributed by atoms with Crippen molar-refractivity contribution in [1.82, 2.24) is 61.4 Å². The van der Waals surface area contributed by atoms with Gasteiger partial charge in [-0.25, -0.2) is 49.5 Å². The van der Waals surface area contributed by atoms with E-state index in [4.69, 9.17) is 83.6 Å². The summed E-state index contributed by atoms with van der Waals surface area (Å²) in [4.78, 5) is 81.3. The van der Waals surface area contributed by atoms with Crippen LogP contribution in [0.2, 0.25) is 10.6 Å². The van der Waals surface area contributed by atoms with Crippen LogP contribution < -0.4 is 72.3 Å². The van der Waals surface area contributed by atoms with Crippen LogP contribution in [-0.4, -0.2) is 121 Å². The molecule has 22 N–H and O–H groups in total. The summed E-state index contributed by atoms with van der Waals surface area (Å²) < 4.78 is 12.7. The fourth-order valence-electron chi connectivity index (χ4n) is 6.87. The van der Waals surface area contributed by atoms with E-state index in [-0.39, 0.29) is 58.1 Å². The Morgan fingerprint density at radius 2 is 0.978 bits per heavy atom. The molecule has 29 nitrogen and oxygen atoms in total. The molecule has 0 fully saturated rings. The smallest absolute Gasteiger partial charge is 0.358 e. The van der Waals surface area contributed by atoms with Crippen LogP contribution in [0.4, 0.5) is 11.9 Å². The lowest BCUT2D eigenvalue weighted by Gasteiger charge is -2.10. The van der Waals surface area contributed by atoms with Gasteiger partial charge in [0.25, 0.3) is 11.8 Å². The van der Waals surface area contributed by atoms with E-state index in [0.29, 0.717) is 103 Å². The Hall–Kier alpha value is -10.4. The standard InChI is InChI=1S/C17H22N8OS.C14H17N5O2S.C12H10ClN5OS.C9H7ClN2O2S.C5H9N3/c18-6-1-3-11(20)9-22-16(26)14-15-13(5-8-27-15)24-17(25-14)23-10-12(21)4-2-7-19;1-2-21-13(20)11-12-10(5-7-22-12)18-14(19-11)17-8-9(16)4-3-6-15;13-12-17-8-3-5-20-10(8)9(18-12)11(19)16-6-7(15)2-1-4-14;1-2-14-8(13)6-7-5(3-4-15-7)11-9(10)12-6;6-4-5-2-1-3-7-8-5/h1-8H,9-10,18-21H2,(H,22,26)(H,23,24,25);3-7H,2,8,15-16H2,1H3,(H,17,18,19);1-5,14-15H,6H2,(H,16,19);3-4H,2H2,1H3;1-3,7-8H,4,6H2/b6-1-,7-2-,11-3-,12-4-;6-3-,9-4-;2-1-,14-4?,15-7?;;. The molecular weight excluding hydrogens is 1300 g/mol. The molecule has 1 aliphatic rings. The molecule has 0 spiro atoms. The van der Waals surface area contributed by atoms with E-state index in [0.717, 1.165) is 11.9 Å². The SMILES string of the molecule is CCOC(=O)c1nc(Cl)nc2ccsc12.CCOC(=O)c1nc(NC/C(N)=C/C=C\N)nc2ccsc12.N/C=C\C=C(/N)CNC(=O)c1nc(NC/C(N)=C/C=C\N)nc2ccsc12.N=C/C=C\C(=N)CNC(=O)c1nc(Cl)nc2ccsc12.NCC1=CC=CNN1. The first-order chi connectivity index (χ1) is 44.5. The van der Waals surface area contributed by atoms with Gasteiger partial charge in [0.2, 0.25) is 22.5 Å². The van der Waals surface area contributed by atoms with Crippen molar-refractivity contribution in [2.75, 3.05) is 56.6 Å². The normalized spacial score (nSPS) is 12.1. The van der Waals surface area contributed by atoms with Crippen LogP contribution in [0.25, 0.3) is 40.9 Å². The number of anilines is 2. The predicted octanol–water partition coefficient (Wildman–Crippen LogP) is 6.33. The van der Waals surface area contributed by atoms with Crippen molar-refractivity contribution in [3.05, 3.63) is 187 Å². The van der Waals surface area contributed by atoms with Gasteiger partial charge >= 0.3 is 11.9 Å². The number of hydrazine groups is 1. The molecule has 0 unspecified atom stereocenters. The summed E-state index contributed by atoms with van der Waals surface area (Å²) in [5, 5.41) is 33.1. The van der Waals surface area contributed by atoms with Crippen molar-refractivity contribution in [1.29, 1.82) is 10.8 Å². The number of aromatic nitrogens is 8. The van der Waals surface area contributed by atoms with Gasteiger partial charge in [-0.2, -0.15) is 0 Å². The molecule has 35 heteroatoms. The van der Waals surface area contributed by atoms with E-state index in [1.54, 1.807) is 74.0 Å². The minimum Gasteiger partial charge on any atom is -0.461 e. The molecule has 9 rings (SSSR count). The van der Waals surface area contributed by atoms with Crippen LogP contribution >= 0.6 is 68.5 Å². The monoisotopic (exact) mass is 1370 g/mol. The van der Waals surface area contributed by atoms with Gasteiger partial charge in [-0.15, -0.1) is 45.3 Å². The van der Waals surface area contributed by atoms with E-state index in [9.17, 15) is 19.2 Å². The van der Waals surface area contributed by atoms with Gasteiger partial charge in [-0.1, -0.05) is 0 Å². The van der Waals surface area contributed by atoms with E-state index < -0.39 is 17.8 Å². The average molecular weight is 1370 g/mol. The molecule has 0 atom stereocenters. The maximum absolute atomic E-state index is 12.6. The summed E-state index contributed by atoms with van der Waals surface area (Å²) in [7, 11) is 0. The van der Waals surface area contributed by atoms with Crippen molar-refractivity contribution in [3.8, 4) is 0 Å².